The van der Waals surface area contributed by atoms with Crippen molar-refractivity contribution in [2.24, 2.45) is 5.92 Å². The van der Waals surface area contributed by atoms with E-state index in [0.29, 0.717) is 17.9 Å². The first-order chi connectivity index (χ1) is 17.4. The predicted octanol–water partition coefficient (Wildman–Crippen LogP) is 7.16. The van der Waals surface area contributed by atoms with Gasteiger partial charge in [-0.15, -0.1) is 11.3 Å². The minimum absolute atomic E-state index is 0.373. The molecule has 2 N–H and O–H groups in total. The highest BCUT2D eigenvalue weighted by Crippen LogP contribution is 2.29. The molecule has 0 unspecified atom stereocenters. The average Bonchev–Trinajstić information content (AvgIpc) is 3.54. The molecule has 196 valence electrons. The van der Waals surface area contributed by atoms with Crippen LogP contribution in [0.25, 0.3) is 10.2 Å². The standard InChI is InChI=1S/C31H46N4S/c1-22(2)27-14-15-28-30(19-27)36-31(34-28)16-13-24(4)33-29(26-11-7-6-8-12-26)20-32-25(5)23(3)21-35-17-9-10-18-35/h14-15,19,22,26,29,32-33H,3-13,16-18,20-21H2,1-2H3/t29-/m1/s1. The molecule has 36 heavy (non-hydrogen) atoms. The molecular formula is C31H46N4S. The summed E-state index contributed by atoms with van der Waals surface area (Å²) in [6.07, 6.45) is 11.1. The third-order valence-electron chi connectivity index (χ3n) is 7.95. The largest absolute Gasteiger partial charge is 0.384 e. The summed E-state index contributed by atoms with van der Waals surface area (Å²) in [4.78, 5) is 7.37. The van der Waals surface area contributed by atoms with Crippen LogP contribution in [0, 0.1) is 5.92 Å². The van der Waals surface area contributed by atoms with E-state index in [9.17, 15) is 0 Å². The zero-order valence-electron chi connectivity index (χ0n) is 22.6. The molecule has 2 heterocycles. The lowest BCUT2D eigenvalue weighted by Gasteiger charge is -2.33. The molecule has 1 aliphatic heterocycles. The Morgan fingerprint density at radius 1 is 1.08 bits per heavy atom. The Balaban J connectivity index is 1.30. The molecule has 4 rings (SSSR count). The van der Waals surface area contributed by atoms with Crippen LogP contribution in [0.4, 0.5) is 0 Å². The molecule has 1 atom stereocenters. The molecule has 1 aromatic carbocycles. The van der Waals surface area contributed by atoms with Crippen molar-refractivity contribution < 1.29 is 0 Å². The van der Waals surface area contributed by atoms with Crippen LogP contribution in [0.2, 0.25) is 0 Å². The van der Waals surface area contributed by atoms with Crippen molar-refractivity contribution in [2.75, 3.05) is 26.2 Å². The van der Waals surface area contributed by atoms with Crippen LogP contribution in [-0.2, 0) is 6.42 Å². The Bertz CT molecular complexity index is 1040. The molecule has 1 aliphatic carbocycles. The molecule has 1 saturated heterocycles. The molecule has 1 saturated carbocycles. The monoisotopic (exact) mass is 506 g/mol. The van der Waals surface area contributed by atoms with Gasteiger partial charge < -0.3 is 10.6 Å². The normalized spacial score (nSPS) is 18.0. The van der Waals surface area contributed by atoms with E-state index in [4.69, 9.17) is 4.98 Å². The highest BCUT2D eigenvalue weighted by atomic mass is 32.1. The summed E-state index contributed by atoms with van der Waals surface area (Å²) in [6.45, 7) is 21.7. The first-order valence-corrected chi connectivity index (χ1v) is 14.9. The van der Waals surface area contributed by atoms with Crippen LogP contribution < -0.4 is 10.6 Å². The number of nitrogens with zero attached hydrogens (tertiary/aromatic N) is 2. The van der Waals surface area contributed by atoms with Gasteiger partial charge >= 0.3 is 0 Å². The van der Waals surface area contributed by atoms with Gasteiger partial charge in [0, 0.05) is 36.9 Å². The fourth-order valence-electron chi connectivity index (χ4n) is 5.58. The fraction of sp³-hybridized carbons (Fsp3) is 0.581. The minimum Gasteiger partial charge on any atom is -0.384 e. The molecule has 2 aromatic rings. The zero-order valence-corrected chi connectivity index (χ0v) is 23.4. The molecule has 0 spiro atoms. The van der Waals surface area contributed by atoms with Crippen molar-refractivity contribution in [1.29, 1.82) is 0 Å². The maximum Gasteiger partial charge on any atom is 0.0942 e. The maximum atomic E-state index is 4.89. The van der Waals surface area contributed by atoms with Crippen molar-refractivity contribution in [3.63, 3.8) is 0 Å². The van der Waals surface area contributed by atoms with Gasteiger partial charge in [0.05, 0.1) is 15.2 Å². The van der Waals surface area contributed by atoms with Gasteiger partial charge in [0.1, 0.15) is 0 Å². The van der Waals surface area contributed by atoms with Gasteiger partial charge in [0.2, 0.25) is 0 Å². The Hall–Kier alpha value is -2.11. The maximum absolute atomic E-state index is 4.89. The molecular weight excluding hydrogens is 460 g/mol. The highest BCUT2D eigenvalue weighted by Gasteiger charge is 2.24. The van der Waals surface area contributed by atoms with Crippen molar-refractivity contribution >= 4 is 21.6 Å². The first kappa shape index (κ1) is 26.9. The van der Waals surface area contributed by atoms with Gasteiger partial charge in [-0.2, -0.15) is 0 Å². The third-order valence-corrected chi connectivity index (χ3v) is 9.03. The molecule has 0 bridgehead atoms. The summed E-state index contributed by atoms with van der Waals surface area (Å²) in [6, 6.07) is 7.07. The smallest absolute Gasteiger partial charge is 0.0942 e. The number of nitrogens with one attached hydrogen (secondary N) is 2. The number of allylic oxidation sites excluding steroid dienone is 1. The summed E-state index contributed by atoms with van der Waals surface area (Å²) < 4.78 is 1.30. The molecule has 4 nitrogen and oxygen atoms in total. The third kappa shape index (κ3) is 7.45. The van der Waals surface area contributed by atoms with E-state index < -0.39 is 0 Å². The lowest BCUT2D eigenvalue weighted by Crippen LogP contribution is -2.44. The Labute approximate surface area is 223 Å². The minimum atomic E-state index is 0.373. The number of likely N-dealkylation sites (tertiary alicyclic amines) is 1. The van der Waals surface area contributed by atoms with Crippen molar-refractivity contribution in [3.8, 4) is 0 Å². The van der Waals surface area contributed by atoms with E-state index in [1.807, 2.05) is 11.3 Å². The SMILES string of the molecule is C=C(CCc1nc2ccc(C(C)C)cc2s1)N[C@H](CNC(=C)C(=C)CN1CCCC1)C1CCCCC1. The molecule has 1 aromatic heterocycles. The Kier molecular flexibility index (Phi) is 9.66. The highest BCUT2D eigenvalue weighted by molar-refractivity contribution is 7.18. The Morgan fingerprint density at radius 2 is 1.83 bits per heavy atom. The second-order valence-electron chi connectivity index (χ2n) is 11.2. The Morgan fingerprint density at radius 3 is 2.56 bits per heavy atom. The predicted molar refractivity (Wildman–Crippen MR) is 157 cm³/mol. The summed E-state index contributed by atoms with van der Waals surface area (Å²) >= 11 is 1.83. The molecule has 0 amide bonds. The summed E-state index contributed by atoms with van der Waals surface area (Å²) in [7, 11) is 0. The number of benzene rings is 1. The number of thiazole rings is 1. The topological polar surface area (TPSA) is 40.2 Å². The molecule has 2 fully saturated rings. The molecule has 0 radical (unpaired) electrons. The summed E-state index contributed by atoms with van der Waals surface area (Å²) in [5.74, 6) is 1.22. The van der Waals surface area contributed by atoms with Gasteiger partial charge in [-0.1, -0.05) is 58.9 Å². The van der Waals surface area contributed by atoms with Crippen molar-refractivity contribution in [3.05, 3.63) is 65.5 Å². The van der Waals surface area contributed by atoms with Crippen molar-refractivity contribution in [2.45, 2.75) is 83.6 Å². The second-order valence-corrected chi connectivity index (χ2v) is 12.3. The first-order valence-electron chi connectivity index (χ1n) is 14.1. The summed E-state index contributed by atoms with van der Waals surface area (Å²) in [5.41, 5.74) is 5.74. The molecule has 5 heteroatoms. The van der Waals surface area contributed by atoms with Crippen LogP contribution in [0.15, 0.2) is 54.9 Å². The molecule has 2 aliphatic rings. The van der Waals surface area contributed by atoms with E-state index in [1.54, 1.807) is 0 Å². The van der Waals surface area contributed by atoms with Gasteiger partial charge in [-0.05, 0) is 80.3 Å². The van der Waals surface area contributed by atoms with E-state index >= 15 is 0 Å². The quantitative estimate of drug-likeness (QED) is 0.283. The van der Waals surface area contributed by atoms with E-state index in [1.165, 1.54) is 73.3 Å². The van der Waals surface area contributed by atoms with Gasteiger partial charge in [-0.25, -0.2) is 4.98 Å². The van der Waals surface area contributed by atoms with Gasteiger partial charge in [-0.3, -0.25) is 4.90 Å². The van der Waals surface area contributed by atoms with Crippen LogP contribution in [0.5, 0.6) is 0 Å². The number of hydrogen-bond acceptors (Lipinski definition) is 5. The zero-order chi connectivity index (χ0) is 25.5. The van der Waals surface area contributed by atoms with Crippen LogP contribution in [0.3, 0.4) is 0 Å². The fourth-order valence-corrected chi connectivity index (χ4v) is 6.60. The van der Waals surface area contributed by atoms with Crippen LogP contribution in [-0.4, -0.2) is 42.1 Å². The lowest BCUT2D eigenvalue weighted by atomic mass is 9.83. The van der Waals surface area contributed by atoms with Gasteiger partial charge in [0.25, 0.3) is 0 Å². The van der Waals surface area contributed by atoms with E-state index in [-0.39, 0.29) is 0 Å². The van der Waals surface area contributed by atoms with E-state index in [2.05, 4.69) is 67.3 Å². The number of aryl methyl sites for hydroxylation is 1. The van der Waals surface area contributed by atoms with E-state index in [0.717, 1.165) is 48.4 Å². The number of hydrogen-bond donors (Lipinski definition) is 2. The number of aromatic nitrogens is 1. The van der Waals surface area contributed by atoms with Crippen LogP contribution in [0.1, 0.15) is 81.7 Å². The van der Waals surface area contributed by atoms with Crippen LogP contribution >= 0.6 is 11.3 Å². The van der Waals surface area contributed by atoms with Crippen molar-refractivity contribution in [1.82, 2.24) is 20.5 Å². The number of rotatable bonds is 13. The second kappa shape index (κ2) is 12.9. The average molecular weight is 507 g/mol. The lowest BCUT2D eigenvalue weighted by molar-refractivity contribution is 0.275. The number of fused-ring (bicyclic) bond motifs is 1. The summed E-state index contributed by atoms with van der Waals surface area (Å²) in [5, 5.41) is 8.65. The van der Waals surface area contributed by atoms with Gasteiger partial charge in [0.15, 0.2) is 0 Å².